The fourth-order valence-electron chi connectivity index (χ4n) is 4.31. The molecule has 31 heavy (non-hydrogen) atoms. The van der Waals surface area contributed by atoms with Crippen LogP contribution >= 0.6 is 11.6 Å². The van der Waals surface area contributed by atoms with Gasteiger partial charge in [0.2, 0.25) is 0 Å². The van der Waals surface area contributed by atoms with E-state index in [2.05, 4.69) is 41.2 Å². The summed E-state index contributed by atoms with van der Waals surface area (Å²) >= 11 is 6.25. The van der Waals surface area contributed by atoms with E-state index in [0.717, 1.165) is 54.9 Å². The van der Waals surface area contributed by atoms with Crippen LogP contribution in [0.1, 0.15) is 47.3 Å². The Morgan fingerprint density at radius 2 is 1.90 bits per heavy atom. The number of benzene rings is 2. The number of aromatic nitrogens is 1. The van der Waals surface area contributed by atoms with E-state index in [-0.39, 0.29) is 11.8 Å². The second-order valence-corrected chi connectivity index (χ2v) is 8.35. The van der Waals surface area contributed by atoms with Crippen LogP contribution in [0, 0.1) is 0 Å². The van der Waals surface area contributed by atoms with Crippen molar-refractivity contribution >= 4 is 28.9 Å². The molecule has 4 nitrogen and oxygen atoms in total. The van der Waals surface area contributed by atoms with Crippen LogP contribution in [0.4, 0.5) is 11.5 Å². The maximum Gasteiger partial charge on any atom is 0.193 e. The molecule has 0 bridgehead atoms. The van der Waals surface area contributed by atoms with E-state index in [9.17, 15) is 4.79 Å². The number of hydrogen-bond acceptors (Lipinski definition) is 4. The standard InChI is InChI=1S/C26H28ClN3O/c1-3-18-8-5-6-9-22(18)25(31)20-11-12-24(19(4-2)16-20)30-15-13-21(17-30)29-26-23(27)10-7-14-28-26/h5-12,14,16,21H,3-4,13,15,17H2,1-2H3,(H,28,29). The van der Waals surface area contributed by atoms with Crippen molar-refractivity contribution < 1.29 is 4.79 Å². The van der Waals surface area contributed by atoms with Crippen LogP contribution in [0.15, 0.2) is 60.8 Å². The molecular weight excluding hydrogens is 406 g/mol. The quantitative estimate of drug-likeness (QED) is 0.479. The van der Waals surface area contributed by atoms with Gasteiger partial charge >= 0.3 is 0 Å². The molecule has 1 saturated heterocycles. The van der Waals surface area contributed by atoms with E-state index in [1.165, 1.54) is 11.3 Å². The molecule has 2 heterocycles. The topological polar surface area (TPSA) is 45.2 Å². The molecule has 1 fully saturated rings. The summed E-state index contributed by atoms with van der Waals surface area (Å²) in [5.41, 5.74) is 5.07. The van der Waals surface area contributed by atoms with Crippen molar-refractivity contribution in [2.45, 2.75) is 39.2 Å². The molecule has 1 aromatic heterocycles. The summed E-state index contributed by atoms with van der Waals surface area (Å²) in [6.07, 6.45) is 4.50. The second-order valence-electron chi connectivity index (χ2n) is 7.95. The molecule has 0 radical (unpaired) electrons. The summed E-state index contributed by atoms with van der Waals surface area (Å²) in [7, 11) is 0. The predicted molar refractivity (Wildman–Crippen MR) is 129 cm³/mol. The molecule has 2 aromatic carbocycles. The highest BCUT2D eigenvalue weighted by molar-refractivity contribution is 6.32. The highest BCUT2D eigenvalue weighted by Gasteiger charge is 2.25. The van der Waals surface area contributed by atoms with Crippen molar-refractivity contribution in [2.24, 2.45) is 0 Å². The number of aryl methyl sites for hydroxylation is 2. The van der Waals surface area contributed by atoms with Gasteiger partial charge in [-0.15, -0.1) is 0 Å². The lowest BCUT2D eigenvalue weighted by Crippen LogP contribution is -2.27. The predicted octanol–water partition coefficient (Wildman–Crippen LogP) is 5.78. The van der Waals surface area contributed by atoms with Crippen molar-refractivity contribution in [1.29, 1.82) is 0 Å². The lowest BCUT2D eigenvalue weighted by atomic mass is 9.95. The summed E-state index contributed by atoms with van der Waals surface area (Å²) < 4.78 is 0. The average molecular weight is 434 g/mol. The molecule has 1 atom stereocenters. The van der Waals surface area contributed by atoms with Crippen LogP contribution in [0.3, 0.4) is 0 Å². The number of nitrogens with one attached hydrogen (secondary N) is 1. The van der Waals surface area contributed by atoms with Gasteiger partial charge in [-0.1, -0.05) is 49.7 Å². The van der Waals surface area contributed by atoms with Gasteiger partial charge in [0.25, 0.3) is 0 Å². The van der Waals surface area contributed by atoms with Crippen molar-refractivity contribution in [3.63, 3.8) is 0 Å². The monoisotopic (exact) mass is 433 g/mol. The number of nitrogens with zero attached hydrogens (tertiary/aromatic N) is 2. The lowest BCUT2D eigenvalue weighted by Gasteiger charge is -2.23. The number of pyridine rings is 1. The van der Waals surface area contributed by atoms with Gasteiger partial charge in [0, 0.05) is 42.1 Å². The molecule has 0 aliphatic carbocycles. The van der Waals surface area contributed by atoms with Gasteiger partial charge in [-0.25, -0.2) is 4.98 Å². The van der Waals surface area contributed by atoms with Gasteiger partial charge in [0.15, 0.2) is 5.78 Å². The molecule has 1 N–H and O–H groups in total. The largest absolute Gasteiger partial charge is 0.369 e. The molecule has 3 aromatic rings. The number of halogens is 1. The van der Waals surface area contributed by atoms with Crippen molar-refractivity contribution in [2.75, 3.05) is 23.3 Å². The SMILES string of the molecule is CCc1ccccc1C(=O)c1ccc(N2CCC(Nc3ncccc3Cl)C2)c(CC)c1. The Hall–Kier alpha value is -2.85. The normalized spacial score (nSPS) is 15.8. The summed E-state index contributed by atoms with van der Waals surface area (Å²) in [6, 6.07) is 18.0. The first-order chi connectivity index (χ1) is 15.1. The zero-order valence-electron chi connectivity index (χ0n) is 18.1. The average Bonchev–Trinajstić information content (AvgIpc) is 3.28. The number of ketones is 1. The van der Waals surface area contributed by atoms with Gasteiger partial charge < -0.3 is 10.2 Å². The van der Waals surface area contributed by atoms with Crippen LogP contribution < -0.4 is 10.2 Å². The van der Waals surface area contributed by atoms with Crippen LogP contribution in [-0.4, -0.2) is 29.9 Å². The smallest absolute Gasteiger partial charge is 0.193 e. The number of anilines is 2. The highest BCUT2D eigenvalue weighted by Crippen LogP contribution is 2.29. The van der Waals surface area contributed by atoms with E-state index >= 15 is 0 Å². The lowest BCUT2D eigenvalue weighted by molar-refractivity contribution is 0.103. The fraction of sp³-hybridized carbons (Fsp3) is 0.308. The molecule has 1 unspecified atom stereocenters. The van der Waals surface area contributed by atoms with Crippen LogP contribution in [0.2, 0.25) is 5.02 Å². The minimum atomic E-state index is 0.101. The Morgan fingerprint density at radius 1 is 1.10 bits per heavy atom. The Bertz CT molecular complexity index is 1080. The molecule has 4 rings (SSSR count). The third-order valence-electron chi connectivity index (χ3n) is 5.99. The third kappa shape index (κ3) is 4.59. The van der Waals surface area contributed by atoms with Crippen molar-refractivity contribution in [3.8, 4) is 0 Å². The minimum absolute atomic E-state index is 0.101. The number of hydrogen-bond donors (Lipinski definition) is 1. The minimum Gasteiger partial charge on any atom is -0.369 e. The van der Waals surface area contributed by atoms with Gasteiger partial charge in [-0.05, 0) is 60.7 Å². The van der Waals surface area contributed by atoms with E-state index in [1.807, 2.05) is 42.5 Å². The number of carbonyl (C=O) groups is 1. The van der Waals surface area contributed by atoms with Crippen molar-refractivity contribution in [3.05, 3.63) is 88.1 Å². The van der Waals surface area contributed by atoms with Crippen LogP contribution in [-0.2, 0) is 12.8 Å². The molecule has 0 saturated carbocycles. The molecule has 1 aliphatic rings. The van der Waals surface area contributed by atoms with Crippen LogP contribution in [0.5, 0.6) is 0 Å². The molecule has 0 amide bonds. The fourth-order valence-corrected chi connectivity index (χ4v) is 4.48. The van der Waals surface area contributed by atoms with Gasteiger partial charge in [-0.2, -0.15) is 0 Å². The first-order valence-corrected chi connectivity index (χ1v) is 11.4. The second kappa shape index (κ2) is 9.52. The summed E-state index contributed by atoms with van der Waals surface area (Å²) in [4.78, 5) is 19.9. The molecule has 160 valence electrons. The Morgan fingerprint density at radius 3 is 2.68 bits per heavy atom. The van der Waals surface area contributed by atoms with Gasteiger partial charge in [0.1, 0.15) is 5.82 Å². The maximum absolute atomic E-state index is 13.2. The van der Waals surface area contributed by atoms with Gasteiger partial charge in [0.05, 0.1) is 5.02 Å². The van der Waals surface area contributed by atoms with Crippen molar-refractivity contribution in [1.82, 2.24) is 4.98 Å². The first kappa shape index (κ1) is 21.4. The maximum atomic E-state index is 13.2. The van der Waals surface area contributed by atoms with E-state index in [4.69, 9.17) is 11.6 Å². The van der Waals surface area contributed by atoms with E-state index < -0.39 is 0 Å². The van der Waals surface area contributed by atoms with E-state index in [0.29, 0.717) is 5.02 Å². The van der Waals surface area contributed by atoms with Crippen LogP contribution in [0.25, 0.3) is 0 Å². The Kier molecular flexibility index (Phi) is 6.57. The zero-order chi connectivity index (χ0) is 21.8. The summed E-state index contributed by atoms with van der Waals surface area (Å²) in [5.74, 6) is 0.840. The molecule has 1 aliphatic heterocycles. The first-order valence-electron chi connectivity index (χ1n) is 11.0. The molecule has 0 spiro atoms. The number of carbonyl (C=O) groups excluding carboxylic acids is 1. The molecule has 5 heteroatoms. The van der Waals surface area contributed by atoms with Gasteiger partial charge in [-0.3, -0.25) is 4.79 Å². The third-order valence-corrected chi connectivity index (χ3v) is 6.30. The Labute approximate surface area is 189 Å². The Balaban J connectivity index is 1.52. The zero-order valence-corrected chi connectivity index (χ0v) is 18.8. The van der Waals surface area contributed by atoms with E-state index in [1.54, 1.807) is 6.20 Å². The molecular formula is C26H28ClN3O. The summed E-state index contributed by atoms with van der Waals surface area (Å²) in [5, 5.41) is 4.12. The number of rotatable bonds is 7. The highest BCUT2D eigenvalue weighted by atomic mass is 35.5. The summed E-state index contributed by atoms with van der Waals surface area (Å²) in [6.45, 7) is 6.07.